The van der Waals surface area contributed by atoms with E-state index in [0.29, 0.717) is 47.8 Å². The third-order valence-corrected chi connectivity index (χ3v) is 9.00. The van der Waals surface area contributed by atoms with Crippen molar-refractivity contribution < 1.29 is 19.1 Å². The van der Waals surface area contributed by atoms with Crippen molar-refractivity contribution in [1.82, 2.24) is 19.9 Å². The van der Waals surface area contributed by atoms with Gasteiger partial charge in [-0.1, -0.05) is 35.3 Å². The standard InChI is InChI=1S/2C18H22ClN5O2/c2*1-11-8-17(23-18(20)21-11)24-6-3-7-26-10-16(24)14-5-4-13(9-15(14)19)22-12(2)25/h2*4-5,8-9,16H,3,6-7,10H2,1-2H3,(H,22,25)(H2,20,21,23)/t2*16-/m10/s1. The van der Waals surface area contributed by atoms with E-state index in [-0.39, 0.29) is 35.8 Å². The number of nitrogens with zero attached hydrogens (tertiary/aromatic N) is 6. The monoisotopic (exact) mass is 750 g/mol. The highest BCUT2D eigenvalue weighted by atomic mass is 35.5. The zero-order valence-electron chi connectivity index (χ0n) is 29.7. The van der Waals surface area contributed by atoms with E-state index in [2.05, 4.69) is 40.4 Å². The van der Waals surface area contributed by atoms with Crippen LogP contribution in [0.15, 0.2) is 48.5 Å². The third-order valence-electron chi connectivity index (χ3n) is 8.34. The molecule has 0 saturated carbocycles. The maximum atomic E-state index is 11.2. The normalized spacial score (nSPS) is 17.7. The highest BCUT2D eigenvalue weighted by Gasteiger charge is 2.28. The summed E-state index contributed by atoms with van der Waals surface area (Å²) in [6.07, 6.45) is 1.75. The van der Waals surface area contributed by atoms with Crippen LogP contribution in [0.3, 0.4) is 0 Å². The smallest absolute Gasteiger partial charge is 0.222 e. The minimum Gasteiger partial charge on any atom is -0.379 e. The number of nitrogens with two attached hydrogens (primary N) is 2. The number of carbonyl (C=O) groups is 2. The number of hydrogen-bond donors (Lipinski definition) is 4. The van der Waals surface area contributed by atoms with Crippen molar-refractivity contribution in [3.05, 3.63) is 81.1 Å². The van der Waals surface area contributed by atoms with Gasteiger partial charge in [0.15, 0.2) is 0 Å². The molecule has 2 fully saturated rings. The van der Waals surface area contributed by atoms with Gasteiger partial charge in [0.1, 0.15) is 11.6 Å². The van der Waals surface area contributed by atoms with Gasteiger partial charge >= 0.3 is 0 Å². The van der Waals surface area contributed by atoms with Crippen LogP contribution in [0.2, 0.25) is 10.0 Å². The molecule has 0 spiro atoms. The molecule has 6 rings (SSSR count). The molecule has 2 atom stereocenters. The van der Waals surface area contributed by atoms with Gasteiger partial charge in [0.2, 0.25) is 23.7 Å². The summed E-state index contributed by atoms with van der Waals surface area (Å²) >= 11 is 13.0. The zero-order valence-corrected chi connectivity index (χ0v) is 31.2. The molecule has 2 aromatic heterocycles. The Kier molecular flexibility index (Phi) is 13.1. The van der Waals surface area contributed by atoms with Crippen molar-refractivity contribution >= 4 is 69.9 Å². The Morgan fingerprint density at radius 1 is 0.692 bits per heavy atom. The molecule has 2 aliphatic rings. The first-order valence-electron chi connectivity index (χ1n) is 16.9. The predicted molar refractivity (Wildman–Crippen MR) is 205 cm³/mol. The van der Waals surface area contributed by atoms with Gasteiger partial charge in [0.05, 0.1) is 25.3 Å². The molecule has 4 aromatic rings. The lowest BCUT2D eigenvalue weighted by Crippen LogP contribution is -2.32. The number of anilines is 6. The molecule has 2 saturated heterocycles. The second-order valence-electron chi connectivity index (χ2n) is 12.6. The Labute approximate surface area is 313 Å². The Morgan fingerprint density at radius 3 is 1.44 bits per heavy atom. The van der Waals surface area contributed by atoms with E-state index in [1.807, 2.05) is 50.2 Å². The molecular formula is C36H44Cl2N10O4. The number of amides is 2. The van der Waals surface area contributed by atoms with Crippen molar-refractivity contribution in [3.8, 4) is 0 Å². The summed E-state index contributed by atoms with van der Waals surface area (Å²) in [6.45, 7) is 10.6. The lowest BCUT2D eigenvalue weighted by atomic mass is 10.0. The fraction of sp³-hybridized carbons (Fsp3) is 0.389. The minimum atomic E-state index is -0.139. The number of halogens is 2. The molecule has 6 N–H and O–H groups in total. The summed E-state index contributed by atoms with van der Waals surface area (Å²) in [5, 5.41) is 6.61. The SMILES string of the molecule is CC(=O)Nc1ccc([C@@H]2COCCCN2c2cc(C)nc(N)n2)c(Cl)c1.CC(=O)Nc1ccc([C@H]2COCCCN2c2cc(C)nc(N)n2)c(Cl)c1. The van der Waals surface area contributed by atoms with Crippen molar-refractivity contribution in [2.24, 2.45) is 0 Å². The van der Waals surface area contributed by atoms with Crippen LogP contribution in [0.4, 0.5) is 34.9 Å². The predicted octanol–water partition coefficient (Wildman–Crippen LogP) is 5.89. The van der Waals surface area contributed by atoms with E-state index in [0.717, 1.165) is 60.1 Å². The Morgan fingerprint density at radius 2 is 1.10 bits per heavy atom. The summed E-state index contributed by atoms with van der Waals surface area (Å²) in [4.78, 5) is 43.9. The molecule has 0 radical (unpaired) electrons. The largest absolute Gasteiger partial charge is 0.379 e. The van der Waals surface area contributed by atoms with Crippen LogP contribution in [-0.4, -0.2) is 71.3 Å². The van der Waals surface area contributed by atoms with Gasteiger partial charge in [-0.05, 0) is 62.1 Å². The highest BCUT2D eigenvalue weighted by molar-refractivity contribution is 6.32. The molecule has 0 unspecified atom stereocenters. The van der Waals surface area contributed by atoms with Crippen LogP contribution in [0.1, 0.15) is 61.3 Å². The molecule has 276 valence electrons. The van der Waals surface area contributed by atoms with Gasteiger partial charge in [-0.25, -0.2) is 9.97 Å². The second-order valence-corrected chi connectivity index (χ2v) is 13.4. The van der Waals surface area contributed by atoms with Gasteiger partial charge < -0.3 is 41.4 Å². The third kappa shape index (κ3) is 10.2. The van der Waals surface area contributed by atoms with E-state index >= 15 is 0 Å². The number of carbonyl (C=O) groups excluding carboxylic acids is 2. The number of nitrogens with one attached hydrogen (secondary N) is 2. The Bertz CT molecular complexity index is 1720. The van der Waals surface area contributed by atoms with E-state index in [9.17, 15) is 9.59 Å². The number of benzene rings is 2. The van der Waals surface area contributed by atoms with Gasteiger partial charge in [-0.3, -0.25) is 9.59 Å². The summed E-state index contributed by atoms with van der Waals surface area (Å²) < 4.78 is 11.6. The number of aromatic nitrogens is 4. The minimum absolute atomic E-state index is 0.106. The first-order valence-corrected chi connectivity index (χ1v) is 17.7. The van der Waals surface area contributed by atoms with Crippen LogP contribution in [0, 0.1) is 13.8 Å². The molecule has 0 bridgehead atoms. The molecule has 52 heavy (non-hydrogen) atoms. The lowest BCUT2D eigenvalue weighted by molar-refractivity contribution is -0.115. The Hall–Kier alpha value is -4.76. The molecule has 16 heteroatoms. The number of ether oxygens (including phenoxy) is 2. The van der Waals surface area contributed by atoms with Crippen LogP contribution >= 0.6 is 23.2 Å². The summed E-state index contributed by atoms with van der Waals surface area (Å²) in [5.41, 5.74) is 16.4. The molecule has 2 aromatic carbocycles. The van der Waals surface area contributed by atoms with Gasteiger partial charge in [-0.15, -0.1) is 0 Å². The molecule has 14 nitrogen and oxygen atoms in total. The van der Waals surface area contributed by atoms with Crippen molar-refractivity contribution in [2.45, 2.75) is 52.6 Å². The van der Waals surface area contributed by atoms with E-state index in [4.69, 9.17) is 44.1 Å². The number of rotatable bonds is 6. The van der Waals surface area contributed by atoms with Crippen molar-refractivity contribution in [1.29, 1.82) is 0 Å². The van der Waals surface area contributed by atoms with Crippen LogP contribution in [0.5, 0.6) is 0 Å². The molecular weight excluding hydrogens is 707 g/mol. The van der Waals surface area contributed by atoms with Gasteiger partial charge in [0, 0.05) is 85.1 Å². The van der Waals surface area contributed by atoms with Crippen LogP contribution in [-0.2, 0) is 19.1 Å². The van der Waals surface area contributed by atoms with Gasteiger partial charge in [0.25, 0.3) is 0 Å². The summed E-state index contributed by atoms with van der Waals surface area (Å²) in [6, 6.07) is 14.6. The fourth-order valence-corrected chi connectivity index (χ4v) is 6.83. The van der Waals surface area contributed by atoms with Crippen LogP contribution < -0.4 is 31.9 Å². The first kappa shape index (κ1) is 38.5. The zero-order chi connectivity index (χ0) is 37.4. The molecule has 2 aliphatic heterocycles. The van der Waals surface area contributed by atoms with E-state index in [1.165, 1.54) is 13.8 Å². The molecule has 4 heterocycles. The quantitative estimate of drug-likeness (QED) is 0.183. The van der Waals surface area contributed by atoms with Crippen molar-refractivity contribution in [2.75, 3.05) is 71.4 Å². The summed E-state index contributed by atoms with van der Waals surface area (Å²) in [7, 11) is 0. The maximum Gasteiger partial charge on any atom is 0.222 e. The molecule has 0 aliphatic carbocycles. The average molecular weight is 752 g/mol. The van der Waals surface area contributed by atoms with Crippen molar-refractivity contribution in [3.63, 3.8) is 0 Å². The highest BCUT2D eigenvalue weighted by Crippen LogP contribution is 2.36. The average Bonchev–Trinajstić information content (AvgIpc) is 3.45. The molecule has 2 amide bonds. The van der Waals surface area contributed by atoms with E-state index < -0.39 is 0 Å². The number of nitrogen functional groups attached to an aromatic ring is 2. The van der Waals surface area contributed by atoms with E-state index in [1.54, 1.807) is 12.1 Å². The topological polar surface area (TPSA) is 187 Å². The van der Waals surface area contributed by atoms with Crippen LogP contribution in [0.25, 0.3) is 0 Å². The first-order chi connectivity index (χ1) is 24.9. The number of hydrogen-bond acceptors (Lipinski definition) is 12. The second kappa shape index (κ2) is 17.6. The maximum absolute atomic E-state index is 11.2. The summed E-state index contributed by atoms with van der Waals surface area (Å²) in [5.74, 6) is 1.73. The fourth-order valence-electron chi connectivity index (χ4n) is 6.22. The van der Waals surface area contributed by atoms with Gasteiger partial charge in [-0.2, -0.15) is 9.97 Å². The Balaban J connectivity index is 0.000000201. The lowest BCUT2D eigenvalue weighted by Gasteiger charge is -2.31. The number of aryl methyl sites for hydroxylation is 2.